The molecule has 0 saturated carbocycles. The predicted molar refractivity (Wildman–Crippen MR) is 59.4 cm³/mol. The molecule has 1 rings (SSSR count). The van der Waals surface area contributed by atoms with Crippen molar-refractivity contribution < 1.29 is 4.79 Å². The highest BCUT2D eigenvalue weighted by molar-refractivity contribution is 5.52. The number of hydrogen-bond donors (Lipinski definition) is 0. The number of rotatable bonds is 4. The molecular formula is C13H18O. The molecule has 0 fully saturated rings. The van der Waals surface area contributed by atoms with Crippen LogP contribution in [0, 0.1) is 12.8 Å². The highest BCUT2D eigenvalue weighted by Crippen LogP contribution is 2.29. The Hall–Kier alpha value is -1.11. The first-order chi connectivity index (χ1) is 6.66. The van der Waals surface area contributed by atoms with Crippen molar-refractivity contribution in [1.82, 2.24) is 0 Å². The Labute approximate surface area is 86.1 Å². The minimum atomic E-state index is 0.369. The zero-order chi connectivity index (χ0) is 10.6. The molecule has 0 aromatic heterocycles. The van der Waals surface area contributed by atoms with Crippen LogP contribution < -0.4 is 0 Å². The van der Waals surface area contributed by atoms with Gasteiger partial charge in [0.1, 0.15) is 6.29 Å². The van der Waals surface area contributed by atoms with Crippen molar-refractivity contribution in [1.29, 1.82) is 0 Å². The van der Waals surface area contributed by atoms with Crippen molar-refractivity contribution in [3.63, 3.8) is 0 Å². The van der Waals surface area contributed by atoms with E-state index in [1.54, 1.807) is 0 Å². The average Bonchev–Trinajstić information content (AvgIpc) is 2.15. The van der Waals surface area contributed by atoms with Crippen LogP contribution in [0.5, 0.6) is 0 Å². The maximum atomic E-state index is 10.6. The van der Waals surface area contributed by atoms with Gasteiger partial charge in [-0.3, -0.25) is 0 Å². The molecule has 0 aliphatic carbocycles. The lowest BCUT2D eigenvalue weighted by atomic mass is 9.84. The molecule has 0 N–H and O–H groups in total. The summed E-state index contributed by atoms with van der Waals surface area (Å²) in [6.45, 7) is 6.44. The highest BCUT2D eigenvalue weighted by atomic mass is 16.1. The van der Waals surface area contributed by atoms with Crippen LogP contribution in [0.4, 0.5) is 0 Å². The topological polar surface area (TPSA) is 17.1 Å². The molecule has 1 nitrogen and oxygen atoms in total. The maximum absolute atomic E-state index is 10.6. The van der Waals surface area contributed by atoms with E-state index in [0.29, 0.717) is 18.3 Å². The summed E-state index contributed by atoms with van der Waals surface area (Å²) in [5.41, 5.74) is 2.60. The van der Waals surface area contributed by atoms with E-state index in [9.17, 15) is 4.79 Å². The van der Waals surface area contributed by atoms with Crippen LogP contribution in [0.25, 0.3) is 0 Å². The van der Waals surface area contributed by atoms with Gasteiger partial charge < -0.3 is 4.79 Å². The van der Waals surface area contributed by atoms with E-state index in [0.717, 1.165) is 6.29 Å². The average molecular weight is 190 g/mol. The van der Waals surface area contributed by atoms with Gasteiger partial charge in [-0.15, -0.1) is 0 Å². The van der Waals surface area contributed by atoms with Crippen molar-refractivity contribution in [3.05, 3.63) is 35.4 Å². The molecule has 0 saturated heterocycles. The number of carbonyl (C=O) groups excluding carboxylic acids is 1. The molecule has 0 aliphatic heterocycles. The van der Waals surface area contributed by atoms with E-state index in [2.05, 4.69) is 32.9 Å². The van der Waals surface area contributed by atoms with Gasteiger partial charge in [-0.2, -0.15) is 0 Å². The highest BCUT2D eigenvalue weighted by Gasteiger charge is 2.16. The molecule has 1 heteroatoms. The number of benzene rings is 1. The zero-order valence-electron chi connectivity index (χ0n) is 9.16. The molecule has 1 atom stereocenters. The lowest BCUT2D eigenvalue weighted by Gasteiger charge is -2.20. The summed E-state index contributed by atoms with van der Waals surface area (Å²) < 4.78 is 0. The molecule has 0 unspecified atom stereocenters. The second-order valence-corrected chi connectivity index (χ2v) is 4.11. The van der Waals surface area contributed by atoms with Gasteiger partial charge in [-0.05, 0) is 29.9 Å². The summed E-state index contributed by atoms with van der Waals surface area (Å²) >= 11 is 0. The van der Waals surface area contributed by atoms with Crippen LogP contribution in [0.15, 0.2) is 24.3 Å². The van der Waals surface area contributed by atoms with Crippen LogP contribution in [0.3, 0.4) is 0 Å². The quantitative estimate of drug-likeness (QED) is 0.666. The lowest BCUT2D eigenvalue weighted by molar-refractivity contribution is -0.108. The standard InChI is InChI=1S/C13H18O/c1-10(2)12(8-9-14)13-7-5-4-6-11(13)3/h4-7,9-10,12H,8H2,1-3H3/t12-/m1/s1. The van der Waals surface area contributed by atoms with E-state index in [1.165, 1.54) is 11.1 Å². The normalized spacial score (nSPS) is 12.9. The molecular weight excluding hydrogens is 172 g/mol. The maximum Gasteiger partial charge on any atom is 0.120 e. The van der Waals surface area contributed by atoms with Gasteiger partial charge in [0.25, 0.3) is 0 Å². The van der Waals surface area contributed by atoms with Crippen LogP contribution >= 0.6 is 0 Å². The Morgan fingerprint density at radius 1 is 1.29 bits per heavy atom. The number of carbonyl (C=O) groups is 1. The fourth-order valence-electron chi connectivity index (χ4n) is 1.86. The van der Waals surface area contributed by atoms with Gasteiger partial charge in [0.05, 0.1) is 0 Å². The first-order valence-electron chi connectivity index (χ1n) is 5.16. The summed E-state index contributed by atoms with van der Waals surface area (Å²) in [6.07, 6.45) is 1.65. The van der Waals surface area contributed by atoms with E-state index in [-0.39, 0.29) is 0 Å². The zero-order valence-corrected chi connectivity index (χ0v) is 9.16. The molecule has 0 radical (unpaired) electrons. The number of hydrogen-bond acceptors (Lipinski definition) is 1. The monoisotopic (exact) mass is 190 g/mol. The predicted octanol–water partition coefficient (Wildman–Crippen LogP) is 3.32. The smallest absolute Gasteiger partial charge is 0.120 e. The Kier molecular flexibility index (Phi) is 3.87. The Balaban J connectivity index is 2.98. The third-order valence-corrected chi connectivity index (χ3v) is 2.74. The van der Waals surface area contributed by atoms with E-state index in [1.807, 2.05) is 12.1 Å². The lowest BCUT2D eigenvalue weighted by Crippen LogP contribution is -2.08. The van der Waals surface area contributed by atoms with Crippen molar-refractivity contribution in [2.24, 2.45) is 5.92 Å². The van der Waals surface area contributed by atoms with Gasteiger partial charge in [0, 0.05) is 6.42 Å². The van der Waals surface area contributed by atoms with E-state index >= 15 is 0 Å². The van der Waals surface area contributed by atoms with Crippen LogP contribution in [-0.4, -0.2) is 6.29 Å². The Morgan fingerprint density at radius 3 is 2.43 bits per heavy atom. The van der Waals surface area contributed by atoms with E-state index in [4.69, 9.17) is 0 Å². The minimum absolute atomic E-state index is 0.369. The molecule has 0 heterocycles. The second-order valence-electron chi connectivity index (χ2n) is 4.11. The van der Waals surface area contributed by atoms with Gasteiger partial charge in [-0.1, -0.05) is 38.1 Å². The van der Waals surface area contributed by atoms with Crippen molar-refractivity contribution in [2.75, 3.05) is 0 Å². The SMILES string of the molecule is Cc1ccccc1[C@H](CC=O)C(C)C. The summed E-state index contributed by atoms with van der Waals surface area (Å²) in [7, 11) is 0. The molecule has 1 aromatic rings. The third-order valence-electron chi connectivity index (χ3n) is 2.74. The molecule has 1 aromatic carbocycles. The molecule has 76 valence electrons. The Morgan fingerprint density at radius 2 is 1.93 bits per heavy atom. The van der Waals surface area contributed by atoms with Crippen molar-refractivity contribution in [3.8, 4) is 0 Å². The van der Waals surface area contributed by atoms with E-state index < -0.39 is 0 Å². The summed E-state index contributed by atoms with van der Waals surface area (Å²) in [4.78, 5) is 10.6. The molecule has 0 bridgehead atoms. The third kappa shape index (κ3) is 2.44. The van der Waals surface area contributed by atoms with Crippen molar-refractivity contribution in [2.45, 2.75) is 33.1 Å². The molecule has 14 heavy (non-hydrogen) atoms. The molecule has 0 spiro atoms. The second kappa shape index (κ2) is 4.94. The van der Waals surface area contributed by atoms with Gasteiger partial charge in [-0.25, -0.2) is 0 Å². The number of aryl methyl sites for hydroxylation is 1. The van der Waals surface area contributed by atoms with Crippen LogP contribution in [0.2, 0.25) is 0 Å². The van der Waals surface area contributed by atoms with Crippen LogP contribution in [-0.2, 0) is 4.79 Å². The minimum Gasteiger partial charge on any atom is -0.303 e. The van der Waals surface area contributed by atoms with Gasteiger partial charge >= 0.3 is 0 Å². The fraction of sp³-hybridized carbons (Fsp3) is 0.462. The van der Waals surface area contributed by atoms with Crippen LogP contribution in [0.1, 0.15) is 37.3 Å². The first kappa shape index (κ1) is 11.0. The summed E-state index contributed by atoms with van der Waals surface area (Å²) in [6, 6.07) is 8.32. The summed E-state index contributed by atoms with van der Waals surface area (Å²) in [5, 5.41) is 0. The number of aldehydes is 1. The first-order valence-corrected chi connectivity index (χ1v) is 5.16. The largest absolute Gasteiger partial charge is 0.303 e. The summed E-state index contributed by atoms with van der Waals surface area (Å²) in [5.74, 6) is 0.884. The van der Waals surface area contributed by atoms with Gasteiger partial charge in [0.15, 0.2) is 0 Å². The Bertz CT molecular complexity index is 302. The molecule has 0 amide bonds. The molecule has 0 aliphatic rings. The van der Waals surface area contributed by atoms with Crippen molar-refractivity contribution >= 4 is 6.29 Å². The van der Waals surface area contributed by atoms with Gasteiger partial charge in [0.2, 0.25) is 0 Å². The fourth-order valence-corrected chi connectivity index (χ4v) is 1.86.